The van der Waals surface area contributed by atoms with Gasteiger partial charge in [0.05, 0.1) is 0 Å². The molecule has 120 valence electrons. The molecule has 4 heteroatoms. The number of hydrogen-bond acceptors (Lipinski definition) is 2. The minimum Gasteiger partial charge on any atom is -0.343 e. The van der Waals surface area contributed by atoms with Crippen LogP contribution < -0.4 is 5.32 Å². The third-order valence-corrected chi connectivity index (χ3v) is 4.65. The molecule has 1 rings (SSSR count). The van der Waals surface area contributed by atoms with Crippen LogP contribution in [0.2, 0.25) is 0 Å². The van der Waals surface area contributed by atoms with Gasteiger partial charge in [-0.2, -0.15) is 0 Å². The lowest BCUT2D eigenvalue weighted by molar-refractivity contribution is -0.133. The Kier molecular flexibility index (Phi) is 10.3. The first-order valence-corrected chi connectivity index (χ1v) is 8.06. The van der Waals surface area contributed by atoms with E-state index in [1.54, 1.807) is 0 Å². The van der Waals surface area contributed by atoms with E-state index in [0.717, 1.165) is 44.9 Å². The molecule has 1 aliphatic rings. The van der Waals surface area contributed by atoms with Gasteiger partial charge in [-0.15, -0.1) is 12.4 Å². The zero-order valence-electron chi connectivity index (χ0n) is 13.7. The second kappa shape index (κ2) is 10.4. The average Bonchev–Trinajstić information content (AvgIpc) is 2.45. The molecular weight excluding hydrogens is 272 g/mol. The van der Waals surface area contributed by atoms with Gasteiger partial charge in [0.25, 0.3) is 0 Å². The molecule has 0 spiro atoms. The zero-order chi connectivity index (χ0) is 14.3. The highest BCUT2D eigenvalue weighted by atomic mass is 35.5. The number of nitrogens with one attached hydrogen (secondary N) is 1. The summed E-state index contributed by atoms with van der Waals surface area (Å²) in [6, 6.07) is 0. The Hall–Kier alpha value is -0.280. The summed E-state index contributed by atoms with van der Waals surface area (Å²) in [4.78, 5) is 14.4. The highest BCUT2D eigenvalue weighted by molar-refractivity contribution is 5.85. The van der Waals surface area contributed by atoms with Gasteiger partial charge in [0.15, 0.2) is 0 Å². The maximum Gasteiger partial charge on any atom is 0.222 e. The topological polar surface area (TPSA) is 32.3 Å². The molecule has 0 aromatic heterocycles. The average molecular weight is 305 g/mol. The molecule has 1 N–H and O–H groups in total. The zero-order valence-corrected chi connectivity index (χ0v) is 14.5. The Labute approximate surface area is 131 Å². The van der Waals surface area contributed by atoms with Gasteiger partial charge in [0.1, 0.15) is 0 Å². The van der Waals surface area contributed by atoms with Crippen molar-refractivity contribution in [3.05, 3.63) is 0 Å². The molecule has 1 amide bonds. The molecule has 2 unspecified atom stereocenters. The molecule has 3 nitrogen and oxygen atoms in total. The van der Waals surface area contributed by atoms with Crippen molar-refractivity contribution in [1.82, 2.24) is 10.2 Å². The molecule has 0 aliphatic carbocycles. The van der Waals surface area contributed by atoms with Gasteiger partial charge in [-0.1, -0.05) is 27.2 Å². The summed E-state index contributed by atoms with van der Waals surface area (Å²) in [6.07, 6.45) is 4.33. The highest BCUT2D eigenvalue weighted by Gasteiger charge is 2.24. The molecule has 1 saturated heterocycles. The third kappa shape index (κ3) is 6.45. The largest absolute Gasteiger partial charge is 0.343 e. The SMILES string of the molecule is CCC(C)CN(CC)C(=O)CC(C)C1CCNCC1.Cl. The summed E-state index contributed by atoms with van der Waals surface area (Å²) in [5, 5.41) is 3.40. The highest BCUT2D eigenvalue weighted by Crippen LogP contribution is 2.25. The quantitative estimate of drug-likeness (QED) is 0.782. The van der Waals surface area contributed by atoms with Crippen LogP contribution in [0.25, 0.3) is 0 Å². The van der Waals surface area contributed by atoms with Crippen molar-refractivity contribution in [3.8, 4) is 0 Å². The number of piperidine rings is 1. The van der Waals surface area contributed by atoms with E-state index in [1.807, 2.05) is 4.90 Å². The van der Waals surface area contributed by atoms with Crippen molar-refractivity contribution < 1.29 is 4.79 Å². The lowest BCUT2D eigenvalue weighted by atomic mass is 9.84. The Bertz CT molecular complexity index is 267. The lowest BCUT2D eigenvalue weighted by Crippen LogP contribution is -2.37. The molecule has 1 fully saturated rings. The van der Waals surface area contributed by atoms with Crippen LogP contribution in [0.5, 0.6) is 0 Å². The van der Waals surface area contributed by atoms with Crippen molar-refractivity contribution in [2.45, 2.75) is 53.4 Å². The van der Waals surface area contributed by atoms with Crippen molar-refractivity contribution in [2.75, 3.05) is 26.2 Å². The maximum absolute atomic E-state index is 12.4. The third-order valence-electron chi connectivity index (χ3n) is 4.65. The van der Waals surface area contributed by atoms with Crippen LogP contribution in [0, 0.1) is 17.8 Å². The molecule has 2 atom stereocenters. The second-order valence-corrected chi connectivity index (χ2v) is 6.21. The van der Waals surface area contributed by atoms with E-state index in [-0.39, 0.29) is 12.4 Å². The Balaban J connectivity index is 0.00000361. The molecule has 0 bridgehead atoms. The van der Waals surface area contributed by atoms with Crippen LogP contribution in [0.1, 0.15) is 53.4 Å². The normalized spacial score (nSPS) is 19.0. The number of nitrogens with zero attached hydrogens (tertiary/aromatic N) is 1. The van der Waals surface area contributed by atoms with Crippen molar-refractivity contribution in [3.63, 3.8) is 0 Å². The van der Waals surface area contributed by atoms with Crippen LogP contribution in [0.3, 0.4) is 0 Å². The van der Waals surface area contributed by atoms with Gasteiger partial charge in [0.2, 0.25) is 5.91 Å². The Morgan fingerprint density at radius 3 is 2.35 bits per heavy atom. The van der Waals surface area contributed by atoms with Gasteiger partial charge >= 0.3 is 0 Å². The predicted octanol–water partition coefficient (Wildman–Crippen LogP) is 3.33. The molecule has 1 aliphatic heterocycles. The number of carbonyl (C=O) groups is 1. The predicted molar refractivity (Wildman–Crippen MR) is 88.3 cm³/mol. The number of carbonyl (C=O) groups excluding carboxylic acids is 1. The van der Waals surface area contributed by atoms with Crippen LogP contribution in [-0.4, -0.2) is 37.0 Å². The van der Waals surface area contributed by atoms with Crippen molar-refractivity contribution in [2.24, 2.45) is 17.8 Å². The molecule has 1 heterocycles. The van der Waals surface area contributed by atoms with E-state index in [2.05, 4.69) is 33.0 Å². The Morgan fingerprint density at radius 2 is 1.85 bits per heavy atom. The molecule has 0 aromatic carbocycles. The fourth-order valence-electron chi connectivity index (χ4n) is 2.90. The summed E-state index contributed by atoms with van der Waals surface area (Å²) in [7, 11) is 0. The van der Waals surface area contributed by atoms with Gasteiger partial charge in [-0.3, -0.25) is 4.79 Å². The van der Waals surface area contributed by atoms with E-state index in [4.69, 9.17) is 0 Å². The minimum absolute atomic E-state index is 0. The summed E-state index contributed by atoms with van der Waals surface area (Å²) in [6.45, 7) is 12.8. The van der Waals surface area contributed by atoms with E-state index in [9.17, 15) is 4.79 Å². The summed E-state index contributed by atoms with van der Waals surface area (Å²) in [5.74, 6) is 2.22. The minimum atomic E-state index is 0. The molecule has 20 heavy (non-hydrogen) atoms. The summed E-state index contributed by atoms with van der Waals surface area (Å²) < 4.78 is 0. The van der Waals surface area contributed by atoms with Crippen molar-refractivity contribution >= 4 is 18.3 Å². The first-order valence-electron chi connectivity index (χ1n) is 8.06. The first-order chi connectivity index (χ1) is 9.08. The van der Waals surface area contributed by atoms with E-state index >= 15 is 0 Å². The number of amides is 1. The summed E-state index contributed by atoms with van der Waals surface area (Å²) >= 11 is 0. The molecule has 0 aromatic rings. The number of halogens is 1. The molecular formula is C16H33ClN2O. The Morgan fingerprint density at radius 1 is 1.25 bits per heavy atom. The fourth-order valence-corrected chi connectivity index (χ4v) is 2.90. The molecule has 0 radical (unpaired) electrons. The van der Waals surface area contributed by atoms with Gasteiger partial charge < -0.3 is 10.2 Å². The second-order valence-electron chi connectivity index (χ2n) is 6.21. The van der Waals surface area contributed by atoms with Gasteiger partial charge in [-0.25, -0.2) is 0 Å². The van der Waals surface area contributed by atoms with Crippen LogP contribution in [-0.2, 0) is 4.79 Å². The van der Waals surface area contributed by atoms with Gasteiger partial charge in [0, 0.05) is 19.5 Å². The van der Waals surface area contributed by atoms with E-state index in [0.29, 0.717) is 17.7 Å². The number of hydrogen-bond donors (Lipinski definition) is 1. The van der Waals surface area contributed by atoms with E-state index in [1.165, 1.54) is 12.8 Å². The summed E-state index contributed by atoms with van der Waals surface area (Å²) in [5.41, 5.74) is 0. The monoisotopic (exact) mass is 304 g/mol. The standard InChI is InChI=1S/C16H32N2O.ClH/c1-5-13(3)12-18(6-2)16(19)11-14(4)15-7-9-17-10-8-15;/h13-15,17H,5-12H2,1-4H3;1H. The lowest BCUT2D eigenvalue weighted by Gasteiger charge is -2.30. The first kappa shape index (κ1) is 19.7. The van der Waals surface area contributed by atoms with Crippen LogP contribution in [0.15, 0.2) is 0 Å². The van der Waals surface area contributed by atoms with E-state index < -0.39 is 0 Å². The van der Waals surface area contributed by atoms with Crippen LogP contribution >= 0.6 is 12.4 Å². The van der Waals surface area contributed by atoms with Crippen molar-refractivity contribution in [1.29, 1.82) is 0 Å². The smallest absolute Gasteiger partial charge is 0.222 e. The number of rotatable bonds is 7. The van der Waals surface area contributed by atoms with Gasteiger partial charge in [-0.05, 0) is 50.6 Å². The fraction of sp³-hybridized carbons (Fsp3) is 0.938. The molecule has 0 saturated carbocycles. The maximum atomic E-state index is 12.4. The van der Waals surface area contributed by atoms with Crippen LogP contribution in [0.4, 0.5) is 0 Å².